The molecule has 0 aliphatic heterocycles. The Bertz CT molecular complexity index is 1290. The summed E-state index contributed by atoms with van der Waals surface area (Å²) in [6.07, 6.45) is 8.85. The largest absolute Gasteiger partial charge is 0.496 e. The number of carbonyl (C=O) groups is 1. The lowest BCUT2D eigenvalue weighted by molar-refractivity contribution is -0.0502. The lowest BCUT2D eigenvalue weighted by atomic mass is 9.81. The molecule has 0 spiro atoms. The number of amides is 1. The van der Waals surface area contributed by atoms with Gasteiger partial charge >= 0.3 is 6.61 Å². The van der Waals surface area contributed by atoms with Crippen LogP contribution in [0.15, 0.2) is 36.7 Å². The smallest absolute Gasteiger partial charge is 0.387 e. The summed E-state index contributed by atoms with van der Waals surface area (Å²) in [4.78, 5) is 17.2. The number of fused-ring (bicyclic) bond motifs is 1. The summed E-state index contributed by atoms with van der Waals surface area (Å²) in [5.41, 5.74) is 2.14. The van der Waals surface area contributed by atoms with Crippen LogP contribution in [0.25, 0.3) is 16.9 Å². The quantitative estimate of drug-likeness (QED) is 0.538. The fourth-order valence-electron chi connectivity index (χ4n) is 4.73. The molecule has 2 aliphatic carbocycles. The maximum Gasteiger partial charge on any atom is 0.387 e. The van der Waals surface area contributed by atoms with Crippen molar-refractivity contribution in [1.29, 1.82) is 5.26 Å². The van der Waals surface area contributed by atoms with Crippen molar-refractivity contribution in [2.75, 3.05) is 7.11 Å². The number of alkyl halides is 2. The predicted molar refractivity (Wildman–Crippen MR) is 120 cm³/mol. The monoisotopic (exact) mass is 466 g/mol. The fourth-order valence-corrected chi connectivity index (χ4v) is 4.73. The predicted octanol–water partition coefficient (Wildman–Crippen LogP) is 4.84. The molecule has 34 heavy (non-hydrogen) atoms. The molecular formula is C25H24F2N4O3. The van der Waals surface area contributed by atoms with E-state index in [-0.39, 0.29) is 23.1 Å². The molecule has 7 nitrogen and oxygen atoms in total. The summed E-state index contributed by atoms with van der Waals surface area (Å²) in [6, 6.07) is 9.38. The number of halogens is 2. The van der Waals surface area contributed by atoms with E-state index in [1.165, 1.54) is 13.2 Å². The number of carbonyl (C=O) groups excluding carboxylic acids is 1. The molecule has 2 heterocycles. The van der Waals surface area contributed by atoms with E-state index >= 15 is 0 Å². The zero-order valence-corrected chi connectivity index (χ0v) is 18.7. The zero-order chi connectivity index (χ0) is 23.9. The molecule has 0 unspecified atom stereocenters. The molecule has 2 aliphatic rings. The Balaban J connectivity index is 1.58. The molecule has 1 aromatic carbocycles. The van der Waals surface area contributed by atoms with Crippen molar-refractivity contribution in [3.05, 3.63) is 47.8 Å². The van der Waals surface area contributed by atoms with Gasteiger partial charge in [0.2, 0.25) is 0 Å². The van der Waals surface area contributed by atoms with Crippen LogP contribution in [0.5, 0.6) is 11.5 Å². The number of aromatic nitrogens is 2. The van der Waals surface area contributed by atoms with Crippen molar-refractivity contribution in [3.8, 4) is 28.8 Å². The van der Waals surface area contributed by atoms with Gasteiger partial charge in [-0.05, 0) is 55.5 Å². The Hall–Kier alpha value is -3.67. The Morgan fingerprint density at radius 3 is 2.65 bits per heavy atom. The van der Waals surface area contributed by atoms with Crippen LogP contribution in [0.2, 0.25) is 0 Å². The number of rotatable bonds is 7. The van der Waals surface area contributed by atoms with Gasteiger partial charge in [0.05, 0.1) is 30.5 Å². The van der Waals surface area contributed by atoms with Crippen LogP contribution in [-0.4, -0.2) is 35.1 Å². The first-order valence-electron chi connectivity index (χ1n) is 11.3. The summed E-state index contributed by atoms with van der Waals surface area (Å²) in [5, 5.41) is 12.6. The number of hydrogen-bond acceptors (Lipinski definition) is 5. The molecular weight excluding hydrogens is 442 g/mol. The highest BCUT2D eigenvalue weighted by Gasteiger charge is 2.36. The Morgan fingerprint density at radius 1 is 1.26 bits per heavy atom. The van der Waals surface area contributed by atoms with Crippen LogP contribution >= 0.6 is 0 Å². The van der Waals surface area contributed by atoms with E-state index in [0.717, 1.165) is 44.1 Å². The third-order valence-electron chi connectivity index (χ3n) is 6.67. The summed E-state index contributed by atoms with van der Waals surface area (Å²) < 4.78 is 38.4. The van der Waals surface area contributed by atoms with Crippen LogP contribution in [-0.2, 0) is 5.41 Å². The first-order valence-corrected chi connectivity index (χ1v) is 11.3. The summed E-state index contributed by atoms with van der Waals surface area (Å²) in [5.74, 6) is -0.640. The third-order valence-corrected chi connectivity index (χ3v) is 6.67. The first-order chi connectivity index (χ1) is 16.4. The number of pyridine rings is 1. The van der Waals surface area contributed by atoms with Gasteiger partial charge in [-0.2, -0.15) is 14.0 Å². The number of nitrogens with zero attached hydrogens (tertiary/aromatic N) is 3. The van der Waals surface area contributed by atoms with Crippen LogP contribution in [0.1, 0.15) is 54.4 Å². The second kappa shape index (κ2) is 8.60. The molecule has 3 aromatic rings. The lowest BCUT2D eigenvalue weighted by Crippen LogP contribution is -2.26. The van der Waals surface area contributed by atoms with Gasteiger partial charge in [-0.15, -0.1) is 0 Å². The number of methoxy groups -OCH3 is 1. The SMILES string of the molecule is COc1cc(-c2cnc3cc(C4(C#N)CCCC4)ccn23)cc(OC(F)F)c1C(=O)NC1CC1. The van der Waals surface area contributed by atoms with Crippen LogP contribution < -0.4 is 14.8 Å². The Morgan fingerprint density at radius 2 is 2.00 bits per heavy atom. The van der Waals surface area contributed by atoms with Gasteiger partial charge in [0, 0.05) is 17.8 Å². The number of nitrogens with one attached hydrogen (secondary N) is 1. The zero-order valence-electron chi connectivity index (χ0n) is 18.7. The standard InChI is InChI=1S/C25H24F2N4O3/c1-33-19-10-15(11-20(34-24(26)27)22(19)23(32)30-17-4-5-17)18-13-29-21-12-16(6-9-31(18)21)25(14-28)7-2-3-8-25/h6,9-13,17,24H,2-5,7-8H2,1H3,(H,30,32). The van der Waals surface area contributed by atoms with Gasteiger partial charge in [0.1, 0.15) is 22.7 Å². The molecule has 176 valence electrons. The average Bonchev–Trinajstić information content (AvgIpc) is 3.33. The highest BCUT2D eigenvalue weighted by atomic mass is 19.3. The van der Waals surface area contributed by atoms with Gasteiger partial charge in [0.25, 0.3) is 5.91 Å². The van der Waals surface area contributed by atoms with E-state index in [9.17, 15) is 18.8 Å². The van der Waals surface area contributed by atoms with Gasteiger partial charge in [0.15, 0.2) is 0 Å². The fraction of sp³-hybridized carbons (Fsp3) is 0.400. The van der Waals surface area contributed by atoms with Crippen molar-refractivity contribution < 1.29 is 23.0 Å². The summed E-state index contributed by atoms with van der Waals surface area (Å²) >= 11 is 0. The van der Waals surface area contributed by atoms with Crippen LogP contribution in [0.3, 0.4) is 0 Å². The molecule has 0 atom stereocenters. The van der Waals surface area contributed by atoms with Crippen molar-refractivity contribution in [2.45, 2.75) is 56.6 Å². The van der Waals surface area contributed by atoms with E-state index in [1.807, 2.05) is 22.7 Å². The summed E-state index contributed by atoms with van der Waals surface area (Å²) in [6.45, 7) is -3.11. The second-order valence-corrected chi connectivity index (χ2v) is 8.87. The maximum atomic E-state index is 13.2. The van der Waals surface area contributed by atoms with E-state index in [1.54, 1.807) is 12.3 Å². The number of nitriles is 1. The molecule has 0 saturated heterocycles. The second-order valence-electron chi connectivity index (χ2n) is 8.87. The molecule has 9 heteroatoms. The molecule has 2 saturated carbocycles. The average molecular weight is 466 g/mol. The van der Waals surface area contributed by atoms with E-state index in [4.69, 9.17) is 9.47 Å². The van der Waals surface area contributed by atoms with E-state index in [0.29, 0.717) is 16.9 Å². The molecule has 1 amide bonds. The van der Waals surface area contributed by atoms with Crippen molar-refractivity contribution in [1.82, 2.24) is 14.7 Å². The lowest BCUT2D eigenvalue weighted by Gasteiger charge is -2.20. The highest BCUT2D eigenvalue weighted by molar-refractivity contribution is 6.01. The number of benzene rings is 1. The Labute approximate surface area is 195 Å². The molecule has 0 radical (unpaired) electrons. The molecule has 0 bridgehead atoms. The molecule has 1 N–H and O–H groups in total. The van der Waals surface area contributed by atoms with E-state index < -0.39 is 17.9 Å². The van der Waals surface area contributed by atoms with Crippen LogP contribution in [0.4, 0.5) is 8.78 Å². The molecule has 5 rings (SSSR count). The minimum absolute atomic E-state index is 0.0424. The molecule has 2 aromatic heterocycles. The van der Waals surface area contributed by atoms with Crippen molar-refractivity contribution in [2.24, 2.45) is 0 Å². The normalized spacial score (nSPS) is 17.0. The summed E-state index contributed by atoms with van der Waals surface area (Å²) in [7, 11) is 1.38. The van der Waals surface area contributed by atoms with Crippen LogP contribution in [0, 0.1) is 11.3 Å². The third kappa shape index (κ3) is 3.94. The minimum Gasteiger partial charge on any atom is -0.496 e. The number of hydrogen-bond donors (Lipinski definition) is 1. The maximum absolute atomic E-state index is 13.2. The molecule has 2 fully saturated rings. The van der Waals surface area contributed by atoms with Crippen molar-refractivity contribution >= 4 is 11.6 Å². The van der Waals surface area contributed by atoms with E-state index in [2.05, 4.69) is 16.4 Å². The highest BCUT2D eigenvalue weighted by Crippen LogP contribution is 2.41. The van der Waals surface area contributed by atoms with Gasteiger partial charge < -0.3 is 14.8 Å². The minimum atomic E-state index is -3.11. The topological polar surface area (TPSA) is 88.7 Å². The Kier molecular flexibility index (Phi) is 5.60. The first kappa shape index (κ1) is 22.1. The van der Waals surface area contributed by atoms with Gasteiger partial charge in [-0.1, -0.05) is 12.8 Å². The number of ether oxygens (including phenoxy) is 2. The van der Waals surface area contributed by atoms with Gasteiger partial charge in [-0.3, -0.25) is 9.20 Å². The van der Waals surface area contributed by atoms with Crippen molar-refractivity contribution in [3.63, 3.8) is 0 Å². The van der Waals surface area contributed by atoms with Gasteiger partial charge in [-0.25, -0.2) is 4.98 Å². The number of imidazole rings is 1.